The molecule has 8 heteroatoms. The van der Waals surface area contributed by atoms with Crippen LogP contribution < -0.4 is 0 Å². The molecule has 0 unspecified atom stereocenters. The summed E-state index contributed by atoms with van der Waals surface area (Å²) in [6, 6.07) is 6.38. The maximum atomic E-state index is 12.6. The van der Waals surface area contributed by atoms with Crippen molar-refractivity contribution < 1.29 is 27.8 Å². The Morgan fingerprint density at radius 1 is 1.35 bits per heavy atom. The van der Waals surface area contributed by atoms with Gasteiger partial charge in [-0.15, -0.1) is 0 Å². The van der Waals surface area contributed by atoms with E-state index in [-0.39, 0.29) is 12.4 Å². The number of fused-ring (bicyclic) bond motifs is 1. The molecule has 1 aromatic heterocycles. The Labute approximate surface area is 111 Å². The van der Waals surface area contributed by atoms with E-state index in [0.717, 1.165) is 4.57 Å². The molecule has 5 nitrogen and oxygen atoms in total. The van der Waals surface area contributed by atoms with Crippen LogP contribution >= 0.6 is 0 Å². The molecule has 0 aliphatic rings. The van der Waals surface area contributed by atoms with Crippen LogP contribution in [0.3, 0.4) is 0 Å². The quantitative estimate of drug-likeness (QED) is 0.916. The Morgan fingerprint density at radius 3 is 2.70 bits per heavy atom. The fourth-order valence-electron chi connectivity index (χ4n) is 1.82. The molecule has 0 spiro atoms. The van der Waals surface area contributed by atoms with Gasteiger partial charge in [0, 0.05) is 0 Å². The Bertz CT molecular complexity index is 622. The number of nitrogens with zero attached hydrogens (tertiary/aromatic N) is 2. The van der Waals surface area contributed by atoms with E-state index in [4.69, 9.17) is 9.84 Å². The van der Waals surface area contributed by atoms with Gasteiger partial charge in [0.05, 0.1) is 11.0 Å². The summed E-state index contributed by atoms with van der Waals surface area (Å²) in [7, 11) is 0. The van der Waals surface area contributed by atoms with Crippen LogP contribution in [0.1, 0.15) is 5.82 Å². The molecule has 0 aliphatic heterocycles. The standard InChI is InChI=1S/C12H11F3N2O3/c13-12(14,15)7-17-9-4-2-1-3-8(9)16-10(17)5-20-6-11(18)19/h1-4H,5-7H2,(H,18,19). The van der Waals surface area contributed by atoms with Gasteiger partial charge in [0.25, 0.3) is 0 Å². The topological polar surface area (TPSA) is 64.3 Å². The van der Waals surface area contributed by atoms with Crippen molar-refractivity contribution in [1.82, 2.24) is 9.55 Å². The molecule has 2 aromatic rings. The van der Waals surface area contributed by atoms with E-state index >= 15 is 0 Å². The second kappa shape index (κ2) is 5.49. The highest BCUT2D eigenvalue weighted by Crippen LogP contribution is 2.23. The maximum absolute atomic E-state index is 12.6. The summed E-state index contributed by atoms with van der Waals surface area (Å²) >= 11 is 0. The molecule has 0 aliphatic carbocycles. The van der Waals surface area contributed by atoms with Crippen molar-refractivity contribution in [3.63, 3.8) is 0 Å². The predicted octanol–water partition coefficient (Wildman–Crippen LogP) is 2.20. The fraction of sp³-hybridized carbons (Fsp3) is 0.333. The number of halogens is 3. The van der Waals surface area contributed by atoms with Gasteiger partial charge in [-0.2, -0.15) is 13.2 Å². The SMILES string of the molecule is O=C(O)COCc1nc2ccccc2n1CC(F)(F)F. The minimum absolute atomic E-state index is 0.0461. The van der Waals surface area contributed by atoms with Gasteiger partial charge in [0.2, 0.25) is 0 Å². The maximum Gasteiger partial charge on any atom is 0.406 e. The Kier molecular flexibility index (Phi) is 3.93. The van der Waals surface area contributed by atoms with E-state index in [9.17, 15) is 18.0 Å². The molecule has 0 saturated heterocycles. The van der Waals surface area contributed by atoms with E-state index < -0.39 is 25.3 Å². The van der Waals surface area contributed by atoms with Crippen molar-refractivity contribution in [3.05, 3.63) is 30.1 Å². The highest BCUT2D eigenvalue weighted by molar-refractivity contribution is 5.75. The molecular weight excluding hydrogens is 277 g/mol. The number of alkyl halides is 3. The van der Waals surface area contributed by atoms with Crippen LogP contribution in [0, 0.1) is 0 Å². The lowest BCUT2D eigenvalue weighted by atomic mass is 10.3. The van der Waals surface area contributed by atoms with Crippen LogP contribution in [0.4, 0.5) is 13.2 Å². The Hall–Kier alpha value is -2.09. The lowest BCUT2D eigenvalue weighted by Crippen LogP contribution is -2.20. The number of rotatable bonds is 5. The second-order valence-corrected chi connectivity index (χ2v) is 4.10. The number of para-hydroxylation sites is 2. The zero-order chi connectivity index (χ0) is 14.8. The Balaban J connectivity index is 2.31. The molecule has 108 valence electrons. The molecule has 20 heavy (non-hydrogen) atoms. The molecule has 1 heterocycles. The average molecular weight is 288 g/mol. The molecule has 1 N–H and O–H groups in total. The lowest BCUT2D eigenvalue weighted by molar-refractivity contribution is -0.144. The minimum atomic E-state index is -4.40. The van der Waals surface area contributed by atoms with Gasteiger partial charge in [-0.3, -0.25) is 0 Å². The number of carboxylic acid groups (broad SMARTS) is 1. The smallest absolute Gasteiger partial charge is 0.406 e. The lowest BCUT2D eigenvalue weighted by Gasteiger charge is -2.11. The first-order valence-corrected chi connectivity index (χ1v) is 5.67. The normalized spacial score (nSPS) is 11.9. The number of benzene rings is 1. The zero-order valence-electron chi connectivity index (χ0n) is 10.2. The third kappa shape index (κ3) is 3.47. The Morgan fingerprint density at radius 2 is 2.05 bits per heavy atom. The molecular formula is C12H11F3N2O3. The van der Waals surface area contributed by atoms with Gasteiger partial charge in [-0.05, 0) is 12.1 Å². The highest BCUT2D eigenvalue weighted by Gasteiger charge is 2.30. The molecule has 0 amide bonds. The first kappa shape index (κ1) is 14.3. The molecule has 2 rings (SSSR count). The second-order valence-electron chi connectivity index (χ2n) is 4.10. The number of aliphatic carboxylic acids is 1. The zero-order valence-corrected chi connectivity index (χ0v) is 10.2. The van der Waals surface area contributed by atoms with Crippen molar-refractivity contribution in [2.45, 2.75) is 19.3 Å². The number of hydrogen-bond donors (Lipinski definition) is 1. The average Bonchev–Trinajstić information content (AvgIpc) is 2.66. The molecule has 1 aromatic carbocycles. The molecule has 0 atom stereocenters. The van der Waals surface area contributed by atoms with Crippen molar-refractivity contribution >= 4 is 17.0 Å². The van der Waals surface area contributed by atoms with E-state index in [0.29, 0.717) is 11.0 Å². The summed E-state index contributed by atoms with van der Waals surface area (Å²) in [5.74, 6) is -1.15. The summed E-state index contributed by atoms with van der Waals surface area (Å²) in [5.41, 5.74) is 0.740. The van der Waals surface area contributed by atoms with Crippen molar-refractivity contribution in [3.8, 4) is 0 Å². The van der Waals surface area contributed by atoms with E-state index in [1.54, 1.807) is 18.2 Å². The first-order valence-electron chi connectivity index (χ1n) is 5.67. The summed E-state index contributed by atoms with van der Waals surface area (Å²) in [5, 5.41) is 8.45. The van der Waals surface area contributed by atoms with Crippen molar-refractivity contribution in [1.29, 1.82) is 0 Å². The van der Waals surface area contributed by atoms with Crippen molar-refractivity contribution in [2.75, 3.05) is 6.61 Å². The highest BCUT2D eigenvalue weighted by atomic mass is 19.4. The van der Waals surface area contributed by atoms with E-state index in [1.807, 2.05) is 0 Å². The minimum Gasteiger partial charge on any atom is -0.480 e. The number of carbonyl (C=O) groups is 1. The summed E-state index contributed by atoms with van der Waals surface area (Å²) in [6.07, 6.45) is -4.40. The number of imidazole rings is 1. The summed E-state index contributed by atoms with van der Waals surface area (Å²) < 4.78 is 43.6. The molecule has 0 radical (unpaired) electrons. The summed E-state index contributed by atoms with van der Waals surface area (Å²) in [4.78, 5) is 14.4. The number of ether oxygens (including phenoxy) is 1. The molecule has 0 fully saturated rings. The van der Waals surface area contributed by atoms with Gasteiger partial charge in [0.15, 0.2) is 0 Å². The molecule has 0 saturated carbocycles. The first-order chi connectivity index (χ1) is 9.37. The van der Waals surface area contributed by atoms with E-state index in [2.05, 4.69) is 4.98 Å². The van der Waals surface area contributed by atoms with Gasteiger partial charge in [-0.25, -0.2) is 9.78 Å². The van der Waals surface area contributed by atoms with Crippen LogP contribution in [0.25, 0.3) is 11.0 Å². The molecule has 0 bridgehead atoms. The van der Waals surface area contributed by atoms with Gasteiger partial charge in [0.1, 0.15) is 25.6 Å². The van der Waals surface area contributed by atoms with Gasteiger partial charge in [-0.1, -0.05) is 12.1 Å². The van der Waals surface area contributed by atoms with Crippen LogP contribution in [0.15, 0.2) is 24.3 Å². The number of carboxylic acids is 1. The van der Waals surface area contributed by atoms with E-state index in [1.165, 1.54) is 6.07 Å². The summed E-state index contributed by atoms with van der Waals surface area (Å²) in [6.45, 7) is -2.08. The van der Waals surface area contributed by atoms with Crippen molar-refractivity contribution in [2.24, 2.45) is 0 Å². The van der Waals surface area contributed by atoms with Crippen LogP contribution in [0.5, 0.6) is 0 Å². The number of hydrogen-bond acceptors (Lipinski definition) is 3. The monoisotopic (exact) mass is 288 g/mol. The third-order valence-corrected chi connectivity index (χ3v) is 2.53. The van der Waals surface area contributed by atoms with Gasteiger partial charge >= 0.3 is 12.1 Å². The third-order valence-electron chi connectivity index (χ3n) is 2.53. The largest absolute Gasteiger partial charge is 0.480 e. The number of aromatic nitrogens is 2. The van der Waals surface area contributed by atoms with Crippen LogP contribution in [0.2, 0.25) is 0 Å². The van der Waals surface area contributed by atoms with Gasteiger partial charge < -0.3 is 14.4 Å². The predicted molar refractivity (Wildman–Crippen MR) is 63.1 cm³/mol. The van der Waals surface area contributed by atoms with Crippen LogP contribution in [-0.4, -0.2) is 33.4 Å². The fourth-order valence-corrected chi connectivity index (χ4v) is 1.82. The van der Waals surface area contributed by atoms with Crippen LogP contribution in [-0.2, 0) is 22.7 Å².